The highest BCUT2D eigenvalue weighted by atomic mass is 19.4. The van der Waals surface area contributed by atoms with Crippen LogP contribution in [0.15, 0.2) is 11.6 Å². The van der Waals surface area contributed by atoms with Gasteiger partial charge in [0.2, 0.25) is 5.91 Å². The van der Waals surface area contributed by atoms with Gasteiger partial charge in [0.25, 0.3) is 0 Å². The molecule has 1 amide bonds. The van der Waals surface area contributed by atoms with Crippen molar-refractivity contribution in [3.05, 3.63) is 11.6 Å². The fourth-order valence-electron chi connectivity index (χ4n) is 2.63. The number of piperidine rings is 1. The van der Waals surface area contributed by atoms with Crippen LogP contribution in [0.5, 0.6) is 0 Å². The van der Waals surface area contributed by atoms with Gasteiger partial charge in [0.1, 0.15) is 0 Å². The minimum Gasteiger partial charge on any atom is -0.339 e. The second-order valence-corrected chi connectivity index (χ2v) is 5.23. The fraction of sp³-hybridized carbons (Fsp3) is 0.769. The Labute approximate surface area is 110 Å². The summed E-state index contributed by atoms with van der Waals surface area (Å²) in [6, 6.07) is 0. The van der Waals surface area contributed by atoms with Crippen molar-refractivity contribution in [3.8, 4) is 0 Å². The zero-order chi connectivity index (χ0) is 13.9. The Morgan fingerprint density at radius 2 is 2.26 bits per heavy atom. The second-order valence-electron chi connectivity index (χ2n) is 5.23. The summed E-state index contributed by atoms with van der Waals surface area (Å²) in [5.41, 5.74) is -0.504. The number of amides is 1. The van der Waals surface area contributed by atoms with Crippen LogP contribution in [0, 0.1) is 5.92 Å². The van der Waals surface area contributed by atoms with Gasteiger partial charge in [-0.05, 0) is 38.3 Å². The molecule has 0 aliphatic carbocycles. The van der Waals surface area contributed by atoms with Crippen molar-refractivity contribution in [2.45, 2.75) is 31.9 Å². The van der Waals surface area contributed by atoms with E-state index in [0.29, 0.717) is 12.3 Å². The highest BCUT2D eigenvalue weighted by Gasteiger charge is 2.35. The van der Waals surface area contributed by atoms with E-state index in [-0.39, 0.29) is 25.4 Å². The largest absolute Gasteiger partial charge is 0.412 e. The topological polar surface area (TPSA) is 32.3 Å². The maximum Gasteiger partial charge on any atom is 0.412 e. The molecule has 0 aromatic carbocycles. The first-order valence-corrected chi connectivity index (χ1v) is 6.71. The highest BCUT2D eigenvalue weighted by molar-refractivity contribution is 5.76. The Kier molecular flexibility index (Phi) is 4.50. The van der Waals surface area contributed by atoms with Crippen LogP contribution in [0.2, 0.25) is 0 Å². The summed E-state index contributed by atoms with van der Waals surface area (Å²) in [5.74, 6) is 0.306. The molecule has 1 N–H and O–H groups in total. The number of rotatable bonds is 2. The van der Waals surface area contributed by atoms with Crippen LogP contribution in [0.1, 0.15) is 25.7 Å². The minimum atomic E-state index is -4.25. The van der Waals surface area contributed by atoms with Gasteiger partial charge in [0, 0.05) is 25.1 Å². The first-order valence-electron chi connectivity index (χ1n) is 6.71. The van der Waals surface area contributed by atoms with E-state index >= 15 is 0 Å². The quantitative estimate of drug-likeness (QED) is 0.783. The Morgan fingerprint density at radius 1 is 1.47 bits per heavy atom. The molecule has 6 heteroatoms. The molecule has 2 rings (SSSR count). The van der Waals surface area contributed by atoms with Crippen LogP contribution in [-0.4, -0.2) is 43.2 Å². The average Bonchev–Trinajstić information content (AvgIpc) is 2.39. The van der Waals surface area contributed by atoms with Gasteiger partial charge in [0.15, 0.2) is 0 Å². The summed E-state index contributed by atoms with van der Waals surface area (Å²) in [7, 11) is 0. The maximum absolute atomic E-state index is 12.5. The highest BCUT2D eigenvalue weighted by Crippen LogP contribution is 2.30. The Hall–Kier alpha value is -1.04. The molecule has 0 aromatic rings. The molecule has 1 unspecified atom stereocenters. The molecule has 2 aliphatic heterocycles. The molecule has 0 aromatic heterocycles. The van der Waals surface area contributed by atoms with Gasteiger partial charge in [-0.1, -0.05) is 6.08 Å². The number of nitrogens with zero attached hydrogens (tertiary/aromatic N) is 1. The van der Waals surface area contributed by atoms with Gasteiger partial charge in [-0.3, -0.25) is 4.79 Å². The molecule has 19 heavy (non-hydrogen) atoms. The van der Waals surface area contributed by atoms with E-state index in [1.165, 1.54) is 4.90 Å². The Morgan fingerprint density at radius 3 is 2.79 bits per heavy atom. The van der Waals surface area contributed by atoms with Gasteiger partial charge in [-0.15, -0.1) is 0 Å². The molecule has 0 spiro atoms. The normalized spacial score (nSPS) is 25.1. The minimum absolute atomic E-state index is 0.0221. The molecule has 0 saturated carbocycles. The van der Waals surface area contributed by atoms with Crippen LogP contribution in [0.25, 0.3) is 0 Å². The van der Waals surface area contributed by atoms with Crippen molar-refractivity contribution in [1.29, 1.82) is 0 Å². The van der Waals surface area contributed by atoms with E-state index in [0.717, 1.165) is 32.0 Å². The summed E-state index contributed by atoms with van der Waals surface area (Å²) >= 11 is 0. The lowest BCUT2D eigenvalue weighted by atomic mass is 9.95. The SMILES string of the molecule is O=C(CC1CCCNC1)N1CC=C(C(F)(F)F)CC1. The number of hydrogen-bond donors (Lipinski definition) is 1. The van der Waals surface area contributed by atoms with Crippen LogP contribution in [0.3, 0.4) is 0 Å². The molecule has 1 fully saturated rings. The summed E-state index contributed by atoms with van der Waals surface area (Å²) in [5, 5.41) is 3.24. The van der Waals surface area contributed by atoms with Gasteiger partial charge in [-0.2, -0.15) is 13.2 Å². The van der Waals surface area contributed by atoms with E-state index in [1.54, 1.807) is 0 Å². The van der Waals surface area contributed by atoms with Crippen LogP contribution >= 0.6 is 0 Å². The third kappa shape index (κ3) is 3.96. The Balaban J connectivity index is 1.83. The number of carbonyl (C=O) groups excluding carboxylic acids is 1. The van der Waals surface area contributed by atoms with Crippen molar-refractivity contribution in [2.75, 3.05) is 26.2 Å². The van der Waals surface area contributed by atoms with Crippen molar-refractivity contribution in [2.24, 2.45) is 5.92 Å². The maximum atomic E-state index is 12.5. The molecule has 2 aliphatic rings. The number of nitrogens with one attached hydrogen (secondary N) is 1. The molecule has 0 bridgehead atoms. The lowest BCUT2D eigenvalue weighted by molar-refractivity contribution is -0.133. The van der Waals surface area contributed by atoms with E-state index in [1.807, 2.05) is 0 Å². The molecule has 3 nitrogen and oxygen atoms in total. The smallest absolute Gasteiger partial charge is 0.339 e. The van der Waals surface area contributed by atoms with E-state index in [9.17, 15) is 18.0 Å². The standard InChI is InChI=1S/C13H19F3N2O/c14-13(15,16)11-3-6-18(7-4-11)12(19)8-10-2-1-5-17-9-10/h3,10,17H,1-2,4-9H2. The average molecular weight is 276 g/mol. The summed E-state index contributed by atoms with van der Waals surface area (Å²) in [6.45, 7) is 2.10. The molecular weight excluding hydrogens is 257 g/mol. The molecule has 2 heterocycles. The molecule has 1 saturated heterocycles. The predicted molar refractivity (Wildman–Crippen MR) is 65.5 cm³/mol. The van der Waals surface area contributed by atoms with E-state index in [4.69, 9.17) is 0 Å². The van der Waals surface area contributed by atoms with Crippen molar-refractivity contribution >= 4 is 5.91 Å². The zero-order valence-electron chi connectivity index (χ0n) is 10.8. The number of halogens is 3. The monoisotopic (exact) mass is 276 g/mol. The summed E-state index contributed by atoms with van der Waals surface area (Å²) < 4.78 is 37.4. The Bertz CT molecular complexity index is 359. The number of alkyl halides is 3. The molecular formula is C13H19F3N2O. The van der Waals surface area contributed by atoms with Crippen molar-refractivity contribution in [1.82, 2.24) is 10.2 Å². The van der Waals surface area contributed by atoms with Gasteiger partial charge in [-0.25, -0.2) is 0 Å². The second kappa shape index (κ2) is 5.94. The first kappa shape index (κ1) is 14.4. The summed E-state index contributed by atoms with van der Waals surface area (Å²) in [4.78, 5) is 13.5. The van der Waals surface area contributed by atoms with Gasteiger partial charge in [0.05, 0.1) is 0 Å². The fourth-order valence-corrected chi connectivity index (χ4v) is 2.63. The third-order valence-corrected chi connectivity index (χ3v) is 3.79. The van der Waals surface area contributed by atoms with Crippen molar-refractivity contribution in [3.63, 3.8) is 0 Å². The zero-order valence-corrected chi connectivity index (χ0v) is 10.8. The van der Waals surface area contributed by atoms with E-state index < -0.39 is 11.7 Å². The molecule has 0 radical (unpaired) electrons. The molecule has 1 atom stereocenters. The lowest BCUT2D eigenvalue weighted by Crippen LogP contribution is -2.39. The lowest BCUT2D eigenvalue weighted by Gasteiger charge is -2.30. The van der Waals surface area contributed by atoms with Gasteiger partial charge >= 0.3 is 6.18 Å². The van der Waals surface area contributed by atoms with Crippen LogP contribution < -0.4 is 5.32 Å². The summed E-state index contributed by atoms with van der Waals surface area (Å²) in [6.07, 6.45) is -0.657. The first-order chi connectivity index (χ1) is 8.97. The number of hydrogen-bond acceptors (Lipinski definition) is 2. The van der Waals surface area contributed by atoms with E-state index in [2.05, 4.69) is 5.32 Å². The van der Waals surface area contributed by atoms with Crippen LogP contribution in [-0.2, 0) is 4.79 Å². The third-order valence-electron chi connectivity index (χ3n) is 3.79. The van der Waals surface area contributed by atoms with Gasteiger partial charge < -0.3 is 10.2 Å². The predicted octanol–water partition coefficient (Wildman–Crippen LogP) is 2.10. The number of carbonyl (C=O) groups is 1. The van der Waals surface area contributed by atoms with Crippen molar-refractivity contribution < 1.29 is 18.0 Å². The van der Waals surface area contributed by atoms with Crippen LogP contribution in [0.4, 0.5) is 13.2 Å². The molecule has 108 valence electrons.